The zero-order valence-corrected chi connectivity index (χ0v) is 14.9. The van der Waals surface area contributed by atoms with Crippen LogP contribution in [0.3, 0.4) is 0 Å². The van der Waals surface area contributed by atoms with E-state index in [1.165, 1.54) is 24.3 Å². The van der Waals surface area contributed by atoms with Crippen molar-refractivity contribution in [3.63, 3.8) is 0 Å². The molecule has 0 heterocycles. The Morgan fingerprint density at radius 1 is 0.963 bits per heavy atom. The highest BCUT2D eigenvalue weighted by Crippen LogP contribution is 2.23. The molecule has 1 amide bonds. The van der Waals surface area contributed by atoms with Crippen LogP contribution in [0, 0.1) is 0 Å². The van der Waals surface area contributed by atoms with Gasteiger partial charge in [-0.2, -0.15) is 0 Å². The molecular weight excluding hydrogens is 366 g/mol. The highest BCUT2D eigenvalue weighted by molar-refractivity contribution is 6.31. The Bertz CT molecular complexity index is 973. The van der Waals surface area contributed by atoms with Crippen LogP contribution in [0.5, 0.6) is 5.75 Å². The Balaban J connectivity index is 1.67. The van der Waals surface area contributed by atoms with Gasteiger partial charge in [0.1, 0.15) is 12.4 Å². The van der Waals surface area contributed by atoms with Crippen molar-refractivity contribution >= 4 is 29.2 Å². The van der Waals surface area contributed by atoms with Gasteiger partial charge in [-0.05, 0) is 42.0 Å². The minimum atomic E-state index is -0.515. The molecule has 0 aromatic heterocycles. The summed E-state index contributed by atoms with van der Waals surface area (Å²) in [5, 5.41) is 12.8. The van der Waals surface area contributed by atoms with Gasteiger partial charge in [-0.25, -0.2) is 4.79 Å². The Morgan fingerprint density at radius 3 is 2.48 bits per heavy atom. The third-order valence-electron chi connectivity index (χ3n) is 3.77. The number of halogens is 1. The number of carbonyl (C=O) groups excluding carboxylic acids is 2. The number of esters is 1. The number of hydrogen-bond donors (Lipinski definition) is 2. The lowest BCUT2D eigenvalue weighted by atomic mass is 10.1. The molecule has 0 saturated carbocycles. The van der Waals surface area contributed by atoms with Gasteiger partial charge in [0.2, 0.25) is 0 Å². The zero-order chi connectivity index (χ0) is 19.2. The van der Waals surface area contributed by atoms with Gasteiger partial charge in [0, 0.05) is 10.7 Å². The SMILES string of the molecule is O=C(OCc1ccccc1)c1cccc(NC(=O)c2ccc(Cl)cc2O)c1. The van der Waals surface area contributed by atoms with Gasteiger partial charge < -0.3 is 15.2 Å². The van der Waals surface area contributed by atoms with Crippen LogP contribution in [0.4, 0.5) is 5.69 Å². The first-order valence-corrected chi connectivity index (χ1v) is 8.52. The summed E-state index contributed by atoms with van der Waals surface area (Å²) < 4.78 is 5.28. The highest BCUT2D eigenvalue weighted by atomic mass is 35.5. The van der Waals surface area contributed by atoms with Crippen molar-refractivity contribution in [3.05, 3.63) is 94.5 Å². The normalized spacial score (nSPS) is 10.3. The van der Waals surface area contributed by atoms with Gasteiger partial charge in [-0.3, -0.25) is 4.79 Å². The number of ether oxygens (including phenoxy) is 1. The summed E-state index contributed by atoms with van der Waals surface area (Å²) in [5.41, 5.74) is 1.68. The Hall–Kier alpha value is -3.31. The first kappa shape index (κ1) is 18.5. The molecule has 0 fully saturated rings. The maximum atomic E-state index is 12.3. The molecule has 0 atom stereocenters. The Labute approximate surface area is 161 Å². The van der Waals surface area contributed by atoms with Crippen LogP contribution >= 0.6 is 11.6 Å². The van der Waals surface area contributed by atoms with Crippen molar-refractivity contribution in [3.8, 4) is 5.75 Å². The Kier molecular flexibility index (Phi) is 5.74. The number of rotatable bonds is 5. The Morgan fingerprint density at radius 2 is 1.74 bits per heavy atom. The van der Waals surface area contributed by atoms with E-state index in [2.05, 4.69) is 5.32 Å². The minimum absolute atomic E-state index is 0.0801. The van der Waals surface area contributed by atoms with Crippen molar-refractivity contribution in [1.29, 1.82) is 0 Å². The molecule has 0 aliphatic carbocycles. The minimum Gasteiger partial charge on any atom is -0.507 e. The standard InChI is InChI=1S/C21H16ClNO4/c22-16-9-10-18(19(24)12-16)20(25)23-17-8-4-7-15(11-17)21(26)27-13-14-5-2-1-3-6-14/h1-12,24H,13H2,(H,23,25). The lowest BCUT2D eigenvalue weighted by Gasteiger charge is -2.09. The van der Waals surface area contributed by atoms with E-state index in [1.54, 1.807) is 18.2 Å². The second-order valence-corrected chi connectivity index (χ2v) is 6.19. The van der Waals surface area contributed by atoms with Crippen LogP contribution in [0.2, 0.25) is 5.02 Å². The average Bonchev–Trinajstić information content (AvgIpc) is 2.67. The molecule has 6 heteroatoms. The molecule has 0 aliphatic heterocycles. The summed E-state index contributed by atoms with van der Waals surface area (Å²) in [6, 6.07) is 19.9. The summed E-state index contributed by atoms with van der Waals surface area (Å²) in [4.78, 5) is 24.5. The maximum Gasteiger partial charge on any atom is 0.338 e. The van der Waals surface area contributed by atoms with Crippen molar-refractivity contribution < 1.29 is 19.4 Å². The molecule has 0 radical (unpaired) electrons. The zero-order valence-electron chi connectivity index (χ0n) is 14.2. The third kappa shape index (κ3) is 4.86. The first-order valence-electron chi connectivity index (χ1n) is 8.14. The number of benzene rings is 3. The van der Waals surface area contributed by atoms with Gasteiger partial charge in [0.15, 0.2) is 0 Å². The monoisotopic (exact) mass is 381 g/mol. The van der Waals surface area contributed by atoms with E-state index in [9.17, 15) is 14.7 Å². The number of hydrogen-bond acceptors (Lipinski definition) is 4. The van der Waals surface area contributed by atoms with Crippen LogP contribution in [-0.2, 0) is 11.3 Å². The van der Waals surface area contributed by atoms with E-state index in [-0.39, 0.29) is 17.9 Å². The molecule has 3 rings (SSSR count). The number of anilines is 1. The number of aromatic hydroxyl groups is 1. The second-order valence-electron chi connectivity index (χ2n) is 5.76. The molecule has 3 aromatic rings. The summed E-state index contributed by atoms with van der Waals surface area (Å²) in [6.45, 7) is 0.162. The van der Waals surface area contributed by atoms with Gasteiger partial charge in [-0.1, -0.05) is 48.0 Å². The van der Waals surface area contributed by atoms with Gasteiger partial charge in [-0.15, -0.1) is 0 Å². The molecule has 3 aromatic carbocycles. The number of nitrogens with one attached hydrogen (secondary N) is 1. The summed E-state index contributed by atoms with van der Waals surface area (Å²) in [7, 11) is 0. The van der Waals surface area contributed by atoms with Gasteiger partial charge in [0.05, 0.1) is 11.1 Å². The third-order valence-corrected chi connectivity index (χ3v) is 4.01. The summed E-state index contributed by atoms with van der Waals surface area (Å²) >= 11 is 5.77. The molecule has 0 saturated heterocycles. The predicted octanol–water partition coefficient (Wildman–Crippen LogP) is 4.65. The van der Waals surface area contributed by atoms with Gasteiger partial charge >= 0.3 is 5.97 Å². The average molecular weight is 382 g/mol. The second kappa shape index (κ2) is 8.38. The molecular formula is C21H16ClNO4. The van der Waals surface area contributed by atoms with Crippen molar-refractivity contribution in [2.45, 2.75) is 6.61 Å². The van der Waals surface area contributed by atoms with Crippen LogP contribution in [0.1, 0.15) is 26.3 Å². The quantitative estimate of drug-likeness (QED) is 0.630. The van der Waals surface area contributed by atoms with Crippen LogP contribution in [0.25, 0.3) is 0 Å². The fraction of sp³-hybridized carbons (Fsp3) is 0.0476. The van der Waals surface area contributed by atoms with Crippen LogP contribution in [0.15, 0.2) is 72.8 Å². The lowest BCUT2D eigenvalue weighted by Crippen LogP contribution is -2.13. The van der Waals surface area contributed by atoms with Crippen molar-refractivity contribution in [1.82, 2.24) is 0 Å². The molecule has 136 valence electrons. The van der Waals surface area contributed by atoms with E-state index in [4.69, 9.17) is 16.3 Å². The molecule has 27 heavy (non-hydrogen) atoms. The van der Waals surface area contributed by atoms with Gasteiger partial charge in [0.25, 0.3) is 5.91 Å². The molecule has 2 N–H and O–H groups in total. The molecule has 0 aliphatic rings. The number of phenolic OH excluding ortho intramolecular Hbond substituents is 1. The van der Waals surface area contributed by atoms with E-state index < -0.39 is 11.9 Å². The smallest absolute Gasteiger partial charge is 0.338 e. The van der Waals surface area contributed by atoms with E-state index in [1.807, 2.05) is 30.3 Å². The predicted molar refractivity (Wildman–Crippen MR) is 103 cm³/mol. The van der Waals surface area contributed by atoms with Crippen LogP contribution < -0.4 is 5.32 Å². The molecule has 0 unspecified atom stereocenters. The molecule has 0 spiro atoms. The van der Waals surface area contributed by atoms with Crippen molar-refractivity contribution in [2.75, 3.05) is 5.32 Å². The summed E-state index contributed by atoms with van der Waals surface area (Å²) in [5.74, 6) is -1.23. The molecule has 5 nitrogen and oxygen atoms in total. The number of carbonyl (C=O) groups is 2. The van der Waals surface area contributed by atoms with Crippen molar-refractivity contribution in [2.24, 2.45) is 0 Å². The van der Waals surface area contributed by atoms with Crippen LogP contribution in [-0.4, -0.2) is 17.0 Å². The molecule has 0 bridgehead atoms. The summed E-state index contributed by atoms with van der Waals surface area (Å²) in [6.07, 6.45) is 0. The fourth-order valence-electron chi connectivity index (χ4n) is 2.43. The van der Waals surface area contributed by atoms with E-state index in [0.717, 1.165) is 5.56 Å². The van der Waals surface area contributed by atoms with E-state index >= 15 is 0 Å². The number of amides is 1. The lowest BCUT2D eigenvalue weighted by molar-refractivity contribution is 0.0472. The highest BCUT2D eigenvalue weighted by Gasteiger charge is 2.13. The number of phenols is 1. The first-order chi connectivity index (χ1) is 13.0. The van der Waals surface area contributed by atoms with E-state index in [0.29, 0.717) is 16.3 Å². The fourth-order valence-corrected chi connectivity index (χ4v) is 2.59. The topological polar surface area (TPSA) is 75.6 Å². The largest absolute Gasteiger partial charge is 0.507 e. The maximum absolute atomic E-state index is 12.3.